The number of rotatable bonds is 1. The lowest BCUT2D eigenvalue weighted by Crippen LogP contribution is -2.14. The maximum Gasteiger partial charge on any atom is 0.0323 e. The molecular formula is C12H18ClN. The molecule has 0 amide bonds. The van der Waals surface area contributed by atoms with Crippen LogP contribution < -0.4 is 5.32 Å². The van der Waals surface area contributed by atoms with Gasteiger partial charge in [-0.1, -0.05) is 23.8 Å². The quantitative estimate of drug-likeness (QED) is 0.753. The van der Waals surface area contributed by atoms with E-state index in [2.05, 4.69) is 37.4 Å². The second-order valence-electron chi connectivity index (χ2n) is 4.01. The zero-order chi connectivity index (χ0) is 9.26. The molecule has 1 aromatic carbocycles. The average Bonchev–Trinajstić information content (AvgIpc) is 2.61. The van der Waals surface area contributed by atoms with Crippen LogP contribution in [0.25, 0.3) is 0 Å². The summed E-state index contributed by atoms with van der Waals surface area (Å²) < 4.78 is 0. The normalized spacial score (nSPS) is 20.6. The fourth-order valence-electron chi connectivity index (χ4n) is 2.09. The van der Waals surface area contributed by atoms with Crippen molar-refractivity contribution in [3.8, 4) is 0 Å². The van der Waals surface area contributed by atoms with Crippen LogP contribution in [0, 0.1) is 13.8 Å². The highest BCUT2D eigenvalue weighted by molar-refractivity contribution is 5.85. The van der Waals surface area contributed by atoms with Crippen molar-refractivity contribution in [2.45, 2.75) is 32.7 Å². The monoisotopic (exact) mass is 211 g/mol. The van der Waals surface area contributed by atoms with E-state index in [4.69, 9.17) is 0 Å². The number of hydrogen-bond donors (Lipinski definition) is 1. The second kappa shape index (κ2) is 4.81. The standard InChI is InChI=1S/C12H17N.ClH/c1-9-5-6-10(2)11(8-9)12-4-3-7-13-12;/h5-6,8,12-13H,3-4,7H2,1-2H3;1H/t12-;/m0./s1. The molecule has 1 aromatic rings. The molecule has 2 heteroatoms. The Labute approximate surface area is 92.3 Å². The van der Waals surface area contributed by atoms with Crippen LogP contribution in [0.3, 0.4) is 0 Å². The molecule has 0 aromatic heterocycles. The second-order valence-corrected chi connectivity index (χ2v) is 4.01. The van der Waals surface area contributed by atoms with Gasteiger partial charge in [-0.15, -0.1) is 12.4 Å². The van der Waals surface area contributed by atoms with Gasteiger partial charge in [-0.2, -0.15) is 0 Å². The van der Waals surface area contributed by atoms with Gasteiger partial charge in [0, 0.05) is 6.04 Å². The van der Waals surface area contributed by atoms with Crippen LogP contribution in [-0.4, -0.2) is 6.54 Å². The van der Waals surface area contributed by atoms with Gasteiger partial charge < -0.3 is 5.32 Å². The third-order valence-corrected chi connectivity index (χ3v) is 2.87. The highest BCUT2D eigenvalue weighted by Crippen LogP contribution is 2.26. The van der Waals surface area contributed by atoms with Crippen molar-refractivity contribution in [2.24, 2.45) is 0 Å². The van der Waals surface area contributed by atoms with Gasteiger partial charge in [0.2, 0.25) is 0 Å². The summed E-state index contributed by atoms with van der Waals surface area (Å²) in [7, 11) is 0. The van der Waals surface area contributed by atoms with Crippen molar-refractivity contribution in [1.29, 1.82) is 0 Å². The van der Waals surface area contributed by atoms with Crippen molar-refractivity contribution in [2.75, 3.05) is 6.54 Å². The van der Waals surface area contributed by atoms with Crippen molar-refractivity contribution in [3.63, 3.8) is 0 Å². The lowest BCUT2D eigenvalue weighted by Gasteiger charge is -2.14. The highest BCUT2D eigenvalue weighted by Gasteiger charge is 2.17. The minimum absolute atomic E-state index is 0. The first kappa shape index (κ1) is 11.5. The molecule has 1 aliphatic heterocycles. The van der Waals surface area contributed by atoms with E-state index >= 15 is 0 Å². The van der Waals surface area contributed by atoms with E-state index in [1.54, 1.807) is 0 Å². The Balaban J connectivity index is 0.000000980. The SMILES string of the molecule is Cc1ccc(C)c([C@@H]2CCCN2)c1.Cl. The summed E-state index contributed by atoms with van der Waals surface area (Å²) in [4.78, 5) is 0. The van der Waals surface area contributed by atoms with E-state index in [1.807, 2.05) is 0 Å². The molecular weight excluding hydrogens is 194 g/mol. The lowest BCUT2D eigenvalue weighted by atomic mass is 9.98. The third-order valence-electron chi connectivity index (χ3n) is 2.87. The molecule has 0 aliphatic carbocycles. The first-order valence-electron chi connectivity index (χ1n) is 5.08. The molecule has 1 nitrogen and oxygen atoms in total. The van der Waals surface area contributed by atoms with Crippen LogP contribution in [0.15, 0.2) is 18.2 Å². The fourth-order valence-corrected chi connectivity index (χ4v) is 2.09. The van der Waals surface area contributed by atoms with Gasteiger partial charge in [0.25, 0.3) is 0 Å². The van der Waals surface area contributed by atoms with Gasteiger partial charge in [-0.3, -0.25) is 0 Å². The number of hydrogen-bond acceptors (Lipinski definition) is 1. The molecule has 0 radical (unpaired) electrons. The summed E-state index contributed by atoms with van der Waals surface area (Å²) in [6.45, 7) is 5.55. The summed E-state index contributed by atoms with van der Waals surface area (Å²) in [6.07, 6.45) is 2.61. The van der Waals surface area contributed by atoms with E-state index < -0.39 is 0 Å². The molecule has 0 saturated carbocycles. The Morgan fingerprint density at radius 3 is 2.71 bits per heavy atom. The van der Waals surface area contributed by atoms with Gasteiger partial charge in [0.05, 0.1) is 0 Å². The van der Waals surface area contributed by atoms with E-state index in [9.17, 15) is 0 Å². The summed E-state index contributed by atoms with van der Waals surface area (Å²) >= 11 is 0. The third kappa shape index (κ3) is 2.28. The van der Waals surface area contributed by atoms with Crippen molar-refractivity contribution in [1.82, 2.24) is 5.32 Å². The molecule has 1 aliphatic rings. The summed E-state index contributed by atoms with van der Waals surface area (Å²) in [6, 6.07) is 7.34. The largest absolute Gasteiger partial charge is 0.310 e. The van der Waals surface area contributed by atoms with Crippen LogP contribution in [-0.2, 0) is 0 Å². The molecule has 1 fully saturated rings. The summed E-state index contributed by atoms with van der Waals surface area (Å²) in [5, 5.41) is 3.54. The molecule has 1 heterocycles. The van der Waals surface area contributed by atoms with E-state index in [-0.39, 0.29) is 12.4 Å². The van der Waals surface area contributed by atoms with Crippen LogP contribution in [0.1, 0.15) is 35.6 Å². The van der Waals surface area contributed by atoms with Crippen molar-refractivity contribution >= 4 is 12.4 Å². The van der Waals surface area contributed by atoms with Gasteiger partial charge >= 0.3 is 0 Å². The first-order chi connectivity index (χ1) is 6.27. The topological polar surface area (TPSA) is 12.0 Å². The molecule has 14 heavy (non-hydrogen) atoms. The van der Waals surface area contributed by atoms with Crippen LogP contribution in [0.2, 0.25) is 0 Å². The molecule has 1 saturated heterocycles. The highest BCUT2D eigenvalue weighted by atomic mass is 35.5. The molecule has 78 valence electrons. The van der Waals surface area contributed by atoms with Gasteiger partial charge in [-0.25, -0.2) is 0 Å². The van der Waals surface area contributed by atoms with Crippen LogP contribution >= 0.6 is 12.4 Å². The zero-order valence-corrected chi connectivity index (χ0v) is 9.66. The summed E-state index contributed by atoms with van der Waals surface area (Å²) in [5.74, 6) is 0. The Morgan fingerprint density at radius 1 is 1.29 bits per heavy atom. The molecule has 0 bridgehead atoms. The molecule has 1 N–H and O–H groups in total. The number of aryl methyl sites for hydroxylation is 2. The maximum absolute atomic E-state index is 3.54. The predicted octanol–water partition coefficient (Wildman–Crippen LogP) is 3.15. The molecule has 2 rings (SSSR count). The molecule has 0 spiro atoms. The smallest absolute Gasteiger partial charge is 0.0323 e. The minimum atomic E-state index is 0. The molecule has 0 unspecified atom stereocenters. The Kier molecular flexibility index (Phi) is 3.97. The Bertz CT molecular complexity index is 303. The van der Waals surface area contributed by atoms with E-state index in [0.29, 0.717) is 6.04 Å². The molecule has 1 atom stereocenters. The Hall–Kier alpha value is -0.530. The zero-order valence-electron chi connectivity index (χ0n) is 8.84. The van der Waals surface area contributed by atoms with E-state index in [1.165, 1.54) is 36.1 Å². The fraction of sp³-hybridized carbons (Fsp3) is 0.500. The van der Waals surface area contributed by atoms with Gasteiger partial charge in [0.15, 0.2) is 0 Å². The minimum Gasteiger partial charge on any atom is -0.310 e. The lowest BCUT2D eigenvalue weighted by molar-refractivity contribution is 0.643. The number of nitrogens with one attached hydrogen (secondary N) is 1. The van der Waals surface area contributed by atoms with Crippen molar-refractivity contribution in [3.05, 3.63) is 34.9 Å². The first-order valence-corrected chi connectivity index (χ1v) is 5.08. The van der Waals surface area contributed by atoms with Gasteiger partial charge in [0.1, 0.15) is 0 Å². The van der Waals surface area contributed by atoms with Gasteiger partial charge in [-0.05, 0) is 44.4 Å². The summed E-state index contributed by atoms with van der Waals surface area (Å²) in [5.41, 5.74) is 4.29. The van der Waals surface area contributed by atoms with Crippen LogP contribution in [0.5, 0.6) is 0 Å². The van der Waals surface area contributed by atoms with Crippen LogP contribution in [0.4, 0.5) is 0 Å². The maximum atomic E-state index is 3.54. The van der Waals surface area contributed by atoms with E-state index in [0.717, 1.165) is 0 Å². The number of benzene rings is 1. The average molecular weight is 212 g/mol. The number of halogens is 1. The van der Waals surface area contributed by atoms with Crippen molar-refractivity contribution < 1.29 is 0 Å². The predicted molar refractivity (Wildman–Crippen MR) is 63.1 cm³/mol. The Morgan fingerprint density at radius 2 is 2.07 bits per heavy atom.